The van der Waals surface area contributed by atoms with Gasteiger partial charge in [-0.3, -0.25) is 39.0 Å². The molecule has 0 radical (unpaired) electrons. The van der Waals surface area contributed by atoms with Crippen LogP contribution < -0.4 is 26.4 Å². The summed E-state index contributed by atoms with van der Waals surface area (Å²) in [5.41, 5.74) is 9.77. The third-order valence-corrected chi connectivity index (χ3v) is 14.8. The van der Waals surface area contributed by atoms with Crippen LogP contribution >= 0.6 is 0 Å². The second kappa shape index (κ2) is 25.7. The molecule has 4 heterocycles. The van der Waals surface area contributed by atoms with E-state index in [-0.39, 0.29) is 116 Å². The Morgan fingerprint density at radius 2 is 1.44 bits per heavy atom. The van der Waals surface area contributed by atoms with Crippen LogP contribution in [-0.2, 0) is 54.5 Å². The van der Waals surface area contributed by atoms with Gasteiger partial charge in [-0.1, -0.05) is 24.3 Å². The molecule has 1 aliphatic carbocycles. The van der Waals surface area contributed by atoms with Crippen molar-refractivity contribution < 1.29 is 70.0 Å². The Morgan fingerprint density at radius 3 is 2.12 bits per heavy atom. The Hall–Kier alpha value is -6.73. The number of carbonyl (C=O) groups excluding carboxylic acids is 6. The van der Waals surface area contributed by atoms with Gasteiger partial charge in [0.05, 0.1) is 82.1 Å². The molecule has 21 nitrogen and oxygen atoms in total. The molecule has 8 rings (SSSR count). The molecule has 75 heavy (non-hydrogen) atoms. The third-order valence-electron chi connectivity index (χ3n) is 12.8. The van der Waals surface area contributed by atoms with Gasteiger partial charge >= 0.3 is 0 Å². The largest absolute Gasteiger partial charge is 0.490 e. The fourth-order valence-electron chi connectivity index (χ4n) is 8.85. The highest BCUT2D eigenvalue weighted by Crippen LogP contribution is 2.37. The van der Waals surface area contributed by atoms with Gasteiger partial charge in [0.25, 0.3) is 17.7 Å². The average molecular weight is 1060 g/mol. The van der Waals surface area contributed by atoms with Crippen LogP contribution in [-0.4, -0.2) is 162 Å². The zero-order valence-electron chi connectivity index (χ0n) is 41.3. The van der Waals surface area contributed by atoms with Crippen molar-refractivity contribution in [3.63, 3.8) is 0 Å². The van der Waals surface area contributed by atoms with Crippen LogP contribution in [0.5, 0.6) is 5.75 Å². The first kappa shape index (κ1) is 54.5. The normalized spacial score (nSPS) is 16.5. The number of pyridine rings is 1. The van der Waals surface area contributed by atoms with Crippen molar-refractivity contribution in [3.8, 4) is 28.0 Å². The predicted molar refractivity (Wildman–Crippen MR) is 267 cm³/mol. The van der Waals surface area contributed by atoms with E-state index in [0.717, 1.165) is 22.1 Å². The highest BCUT2D eigenvalue weighted by Gasteiger charge is 2.46. The van der Waals surface area contributed by atoms with Gasteiger partial charge in [0.1, 0.15) is 30.0 Å². The number of carbonyl (C=O) groups is 6. The quantitative estimate of drug-likeness (QED) is 0.0450. The van der Waals surface area contributed by atoms with Crippen molar-refractivity contribution in [2.45, 2.75) is 61.9 Å². The van der Waals surface area contributed by atoms with E-state index in [2.05, 4.69) is 20.9 Å². The molecule has 1 saturated carbocycles. The highest BCUT2D eigenvalue weighted by molar-refractivity contribution is 7.89. The molecule has 3 aliphatic heterocycles. The van der Waals surface area contributed by atoms with Crippen LogP contribution in [0.25, 0.3) is 22.3 Å². The molecule has 2 fully saturated rings. The Kier molecular flexibility index (Phi) is 18.7. The molecular formula is C52H60FN7O14S. The minimum Gasteiger partial charge on any atom is -0.490 e. The first-order valence-electron chi connectivity index (χ1n) is 24.9. The molecular weight excluding hydrogens is 998 g/mol. The summed E-state index contributed by atoms with van der Waals surface area (Å²) in [5.74, 6) is -3.07. The molecule has 1 unspecified atom stereocenters. The first-order chi connectivity index (χ1) is 36.3. The lowest BCUT2D eigenvalue weighted by Crippen LogP contribution is -2.54. The number of nitrogen functional groups attached to an aromatic ring is 1. The van der Waals surface area contributed by atoms with Gasteiger partial charge in [-0.25, -0.2) is 17.8 Å². The lowest BCUT2D eigenvalue weighted by molar-refractivity contribution is -0.136. The minimum atomic E-state index is -4.05. The van der Waals surface area contributed by atoms with Gasteiger partial charge in [-0.05, 0) is 79.6 Å². The molecule has 4 aliphatic rings. The van der Waals surface area contributed by atoms with Gasteiger partial charge in [0, 0.05) is 67.0 Å². The van der Waals surface area contributed by atoms with Crippen LogP contribution in [0.4, 0.5) is 10.2 Å². The Morgan fingerprint density at radius 1 is 0.760 bits per heavy atom. The minimum absolute atomic E-state index is 0.0282. The monoisotopic (exact) mass is 1060 g/mol. The molecule has 0 spiro atoms. The number of benzene rings is 3. The van der Waals surface area contributed by atoms with Crippen molar-refractivity contribution in [2.24, 2.45) is 0 Å². The molecule has 5 N–H and O–H groups in total. The van der Waals surface area contributed by atoms with E-state index >= 15 is 4.39 Å². The van der Waals surface area contributed by atoms with Gasteiger partial charge in [-0.2, -0.15) is 4.31 Å². The molecule has 1 saturated heterocycles. The number of fused-ring (bicyclic) bond motifs is 2. The van der Waals surface area contributed by atoms with Crippen LogP contribution in [0.2, 0.25) is 0 Å². The molecule has 23 heteroatoms. The fraction of sp³-hybridized carbons (Fsp3) is 0.442. The van der Waals surface area contributed by atoms with E-state index < -0.39 is 45.5 Å². The number of nitrogens with one attached hydrogen (secondary N) is 3. The van der Waals surface area contributed by atoms with Gasteiger partial charge in [0.2, 0.25) is 27.7 Å². The molecule has 0 bridgehead atoms. The Bertz CT molecular complexity index is 2880. The SMILES string of the molecule is Nc1ncc(-c2ccc(S(=O)(=O)N(CCCNC(=O)CCOCCOCCOCCOCCOCCOc3cccc4c3C(=O)N(C3CCC(=O)NC3=O)C4=O)C3CC3)cc2F)cc1-c1ccc2c(c1)CCNC2=O. The third kappa shape index (κ3) is 13.8. The number of imide groups is 2. The number of nitrogens with two attached hydrogens (primary N) is 1. The molecule has 6 amide bonds. The van der Waals surface area contributed by atoms with Gasteiger partial charge < -0.3 is 44.8 Å². The molecule has 400 valence electrons. The molecule has 4 aromatic rings. The van der Waals surface area contributed by atoms with E-state index in [1.165, 1.54) is 28.7 Å². The van der Waals surface area contributed by atoms with Crippen molar-refractivity contribution in [1.29, 1.82) is 0 Å². The van der Waals surface area contributed by atoms with Gasteiger partial charge in [-0.15, -0.1) is 0 Å². The van der Waals surface area contributed by atoms with Crippen molar-refractivity contribution in [1.82, 2.24) is 30.1 Å². The van der Waals surface area contributed by atoms with Crippen molar-refractivity contribution in [2.75, 3.05) is 98.0 Å². The number of anilines is 1. The number of hydrogen-bond acceptors (Lipinski definition) is 16. The summed E-state index contributed by atoms with van der Waals surface area (Å²) in [6.07, 6.45) is 4.05. The van der Waals surface area contributed by atoms with Crippen LogP contribution in [0.15, 0.2) is 71.8 Å². The fourth-order valence-corrected chi connectivity index (χ4v) is 10.6. The van der Waals surface area contributed by atoms with Crippen molar-refractivity contribution >= 4 is 51.3 Å². The number of piperidine rings is 1. The smallest absolute Gasteiger partial charge is 0.266 e. The summed E-state index contributed by atoms with van der Waals surface area (Å²) in [7, 11) is -4.05. The summed E-state index contributed by atoms with van der Waals surface area (Å²) in [6.45, 7) is 3.93. The number of nitrogens with zero attached hydrogens (tertiary/aromatic N) is 3. The predicted octanol–water partition coefficient (Wildman–Crippen LogP) is 3.04. The summed E-state index contributed by atoms with van der Waals surface area (Å²) in [6, 6.07) is 14.3. The lowest BCUT2D eigenvalue weighted by Gasteiger charge is -2.27. The standard InChI is InChI=1S/C52H60FN7O14S/c53-42-31-37(8-10-38(42)35-30-41(48(54)57-32-35)33-5-9-39-34(29-33)13-16-56-49(39)63)75(67,68)59(36-6-7-36)17-2-15-55-45(61)14-18-69-19-20-70-21-22-71-23-24-72-25-26-73-27-28-74-44-4-1-3-40-47(44)52(66)60(51(40)65)43-11-12-46(62)58-50(43)64/h1,3-5,8-10,29-32,36,43H,2,6-7,11-28H2,(H2,54,57)(H,55,61)(H,56,63)(H,58,62,64). The van der Waals surface area contributed by atoms with Crippen LogP contribution in [0.1, 0.15) is 75.2 Å². The van der Waals surface area contributed by atoms with Gasteiger partial charge in [0.15, 0.2) is 0 Å². The zero-order valence-corrected chi connectivity index (χ0v) is 42.1. The molecule has 1 atom stereocenters. The number of halogens is 1. The molecule has 3 aromatic carbocycles. The number of hydrogen-bond donors (Lipinski definition) is 4. The highest BCUT2D eigenvalue weighted by atomic mass is 32.2. The summed E-state index contributed by atoms with van der Waals surface area (Å²) < 4.78 is 78.1. The van der Waals surface area contributed by atoms with E-state index in [1.807, 2.05) is 6.07 Å². The topological polar surface area (TPSA) is 273 Å². The maximum Gasteiger partial charge on any atom is 0.266 e. The maximum atomic E-state index is 15.8. The number of amides is 6. The van der Waals surface area contributed by atoms with Crippen molar-refractivity contribution in [3.05, 3.63) is 94.9 Å². The second-order valence-electron chi connectivity index (χ2n) is 18.0. The number of aromatic nitrogens is 1. The molecule has 1 aromatic heterocycles. The van der Waals surface area contributed by atoms with E-state index in [1.54, 1.807) is 30.3 Å². The maximum absolute atomic E-state index is 15.8. The lowest BCUT2D eigenvalue weighted by atomic mass is 9.94. The average Bonchev–Trinajstić information content (AvgIpc) is 4.21. The van der Waals surface area contributed by atoms with E-state index in [9.17, 15) is 37.2 Å². The number of ether oxygens (including phenoxy) is 6. The Labute approximate surface area is 432 Å². The number of rotatable bonds is 29. The Balaban J connectivity index is 0.633. The zero-order chi connectivity index (χ0) is 52.9. The first-order valence-corrected chi connectivity index (χ1v) is 26.4. The van der Waals surface area contributed by atoms with E-state index in [4.69, 9.17) is 34.2 Å². The van der Waals surface area contributed by atoms with Crippen LogP contribution in [0, 0.1) is 5.82 Å². The van der Waals surface area contributed by atoms with Crippen LogP contribution in [0.3, 0.4) is 0 Å². The summed E-state index contributed by atoms with van der Waals surface area (Å²) >= 11 is 0. The van der Waals surface area contributed by atoms with E-state index in [0.29, 0.717) is 88.6 Å². The summed E-state index contributed by atoms with van der Waals surface area (Å²) in [5, 5.41) is 7.80. The summed E-state index contributed by atoms with van der Waals surface area (Å²) in [4.78, 5) is 79.8. The second-order valence-corrected chi connectivity index (χ2v) is 19.9. The number of sulfonamides is 1.